The lowest BCUT2D eigenvalue weighted by atomic mass is 9.66. The van der Waals surface area contributed by atoms with Crippen LogP contribution in [0.5, 0.6) is 5.75 Å². The summed E-state index contributed by atoms with van der Waals surface area (Å²) in [6, 6.07) is 12.7. The third-order valence-corrected chi connectivity index (χ3v) is 11.0. The highest BCUT2D eigenvalue weighted by molar-refractivity contribution is 8.02. The molecule has 3 amide bonds. The van der Waals surface area contributed by atoms with Gasteiger partial charge in [-0.05, 0) is 61.6 Å². The van der Waals surface area contributed by atoms with Gasteiger partial charge in [0.1, 0.15) is 11.8 Å². The van der Waals surface area contributed by atoms with Gasteiger partial charge in [-0.3, -0.25) is 14.4 Å². The summed E-state index contributed by atoms with van der Waals surface area (Å²) in [5.74, 6) is -1.52. The van der Waals surface area contributed by atoms with Gasteiger partial charge in [0.25, 0.3) is 0 Å². The maximum Gasteiger partial charge on any atom is 0.248 e. The number of nitrogens with one attached hydrogen (secondary N) is 2. The molecule has 0 aromatic heterocycles. The van der Waals surface area contributed by atoms with E-state index in [1.807, 2.05) is 20.8 Å². The normalized spacial score (nSPS) is 29.4. The van der Waals surface area contributed by atoms with Crippen LogP contribution in [0.2, 0.25) is 5.02 Å². The highest BCUT2D eigenvalue weighted by atomic mass is 35.5. The third-order valence-electron chi connectivity index (χ3n) is 8.61. The Kier molecular flexibility index (Phi) is 8.10. The van der Waals surface area contributed by atoms with E-state index in [1.165, 1.54) is 0 Å². The van der Waals surface area contributed by atoms with Gasteiger partial charge in [0.2, 0.25) is 17.7 Å². The maximum absolute atomic E-state index is 14.3. The van der Waals surface area contributed by atoms with Crippen molar-refractivity contribution in [2.45, 2.75) is 56.2 Å². The lowest BCUT2D eigenvalue weighted by Gasteiger charge is -2.40. The van der Waals surface area contributed by atoms with Gasteiger partial charge in [0.15, 0.2) is 0 Å². The van der Waals surface area contributed by atoms with Gasteiger partial charge >= 0.3 is 0 Å². The van der Waals surface area contributed by atoms with E-state index in [9.17, 15) is 19.5 Å². The van der Waals surface area contributed by atoms with Crippen molar-refractivity contribution in [3.63, 3.8) is 0 Å². The van der Waals surface area contributed by atoms with E-state index >= 15 is 0 Å². The fourth-order valence-corrected chi connectivity index (χ4v) is 9.42. The molecule has 1 spiro atoms. The predicted molar refractivity (Wildman–Crippen MR) is 158 cm³/mol. The number of benzene rings is 2. The van der Waals surface area contributed by atoms with Gasteiger partial charge in [-0.15, -0.1) is 11.8 Å². The second-order valence-electron chi connectivity index (χ2n) is 11.2. The summed E-state index contributed by atoms with van der Waals surface area (Å²) in [5, 5.41) is 16.7. The topological polar surface area (TPSA) is 108 Å². The molecular weight excluding hydrogens is 550 g/mol. The van der Waals surface area contributed by atoms with Gasteiger partial charge < -0.3 is 25.4 Å². The number of halogens is 1. The molecule has 3 fully saturated rings. The zero-order chi connectivity index (χ0) is 28.8. The quantitative estimate of drug-likeness (QED) is 0.395. The molecule has 3 aliphatic rings. The summed E-state index contributed by atoms with van der Waals surface area (Å²) in [7, 11) is 0. The van der Waals surface area contributed by atoms with E-state index in [0.717, 1.165) is 0 Å². The standard InChI is InChI=1S/C30H36ClN3O5S/c1-5-39-19-12-10-18(11-13-19)32-27(36)24-23-14-17(4)30(40-23)25(24)29(38)34(22(15-35)16(2)3)26(30)28(37)33-21-9-7-6-8-20(21)31/h6-13,16-17,22-26,35H,5,14-15H2,1-4H3,(H,32,36)(H,33,37)/t17?,22-,23+,24-,25-,26?,30?/m0/s1. The second-order valence-corrected chi connectivity index (χ2v) is 13.2. The molecule has 40 heavy (non-hydrogen) atoms. The molecule has 2 bridgehead atoms. The molecule has 2 aromatic rings. The lowest BCUT2D eigenvalue weighted by molar-refractivity contribution is -0.142. The first-order valence-corrected chi connectivity index (χ1v) is 15.1. The Hall–Kier alpha value is -2.75. The summed E-state index contributed by atoms with van der Waals surface area (Å²) < 4.78 is 4.69. The van der Waals surface area contributed by atoms with Crippen LogP contribution in [0.1, 0.15) is 34.1 Å². The van der Waals surface area contributed by atoms with Crippen molar-refractivity contribution in [1.29, 1.82) is 0 Å². The van der Waals surface area contributed by atoms with E-state index in [2.05, 4.69) is 17.6 Å². The fourth-order valence-electron chi connectivity index (χ4n) is 6.83. The molecule has 3 heterocycles. The van der Waals surface area contributed by atoms with E-state index in [1.54, 1.807) is 65.2 Å². The number of carbonyl (C=O) groups is 3. The number of hydrogen-bond donors (Lipinski definition) is 3. The molecule has 3 unspecified atom stereocenters. The first-order chi connectivity index (χ1) is 19.1. The van der Waals surface area contributed by atoms with Gasteiger partial charge in [0.05, 0.1) is 46.5 Å². The molecule has 10 heteroatoms. The SMILES string of the molecule is CCOc1ccc(NC(=O)[C@@H]2[C@H]3C(=O)N([C@@H](CO)C(C)C)C(C(=O)Nc4ccccc4Cl)C34S[C@@H]2CC4C)cc1. The Morgan fingerprint density at radius 3 is 2.48 bits per heavy atom. The number of aliphatic hydroxyl groups excluding tert-OH is 1. The van der Waals surface area contributed by atoms with Gasteiger partial charge in [0, 0.05) is 10.9 Å². The van der Waals surface area contributed by atoms with E-state index < -0.39 is 28.7 Å². The largest absolute Gasteiger partial charge is 0.494 e. The number of aliphatic hydroxyl groups is 1. The fraction of sp³-hybridized carbons (Fsp3) is 0.500. The monoisotopic (exact) mass is 585 g/mol. The molecule has 3 saturated heterocycles. The minimum Gasteiger partial charge on any atom is -0.494 e. The molecule has 3 aliphatic heterocycles. The minimum absolute atomic E-state index is 0.00414. The zero-order valence-corrected chi connectivity index (χ0v) is 24.7. The molecule has 8 nitrogen and oxygen atoms in total. The second kappa shape index (κ2) is 11.3. The van der Waals surface area contributed by atoms with E-state index in [4.69, 9.17) is 16.3 Å². The summed E-state index contributed by atoms with van der Waals surface area (Å²) in [5.41, 5.74) is 1.08. The van der Waals surface area contributed by atoms with Crippen molar-refractivity contribution in [2.24, 2.45) is 23.7 Å². The number of ether oxygens (including phenoxy) is 1. The molecule has 5 rings (SSSR count). The van der Waals surface area contributed by atoms with Crippen LogP contribution in [0.4, 0.5) is 11.4 Å². The average molecular weight is 586 g/mol. The number of carbonyl (C=O) groups excluding carboxylic acids is 3. The number of hydrogen-bond acceptors (Lipinski definition) is 6. The summed E-state index contributed by atoms with van der Waals surface area (Å²) >= 11 is 7.96. The summed E-state index contributed by atoms with van der Waals surface area (Å²) in [6.45, 7) is 8.08. The summed E-state index contributed by atoms with van der Waals surface area (Å²) in [6.07, 6.45) is 0.713. The number of anilines is 2. The Labute approximate surface area is 244 Å². The molecule has 0 radical (unpaired) electrons. The minimum atomic E-state index is -0.867. The third kappa shape index (κ3) is 4.65. The predicted octanol–water partition coefficient (Wildman–Crippen LogP) is 4.67. The lowest BCUT2D eigenvalue weighted by Crippen LogP contribution is -2.57. The van der Waals surface area contributed by atoms with E-state index in [-0.39, 0.29) is 41.4 Å². The Bertz CT molecular complexity index is 1290. The van der Waals surface area contributed by atoms with Crippen LogP contribution >= 0.6 is 23.4 Å². The molecular formula is C30H36ClN3O5S. The van der Waals surface area contributed by atoms with Crippen LogP contribution in [-0.2, 0) is 14.4 Å². The molecule has 7 atom stereocenters. The molecule has 0 aliphatic carbocycles. The number of thioether (sulfide) groups is 1. The average Bonchev–Trinajstić information content (AvgIpc) is 3.51. The van der Waals surface area contributed by atoms with Crippen molar-refractivity contribution in [3.05, 3.63) is 53.6 Å². The Morgan fingerprint density at radius 1 is 1.15 bits per heavy atom. The van der Waals surface area contributed by atoms with Gasteiger partial charge in [-0.2, -0.15) is 0 Å². The van der Waals surface area contributed by atoms with Crippen LogP contribution in [0, 0.1) is 23.7 Å². The first kappa shape index (κ1) is 28.8. The summed E-state index contributed by atoms with van der Waals surface area (Å²) in [4.78, 5) is 43.8. The van der Waals surface area contributed by atoms with Gasteiger partial charge in [-0.1, -0.05) is 44.5 Å². The highest BCUT2D eigenvalue weighted by Crippen LogP contribution is 2.69. The van der Waals surface area contributed by atoms with Crippen molar-refractivity contribution in [1.82, 2.24) is 4.90 Å². The highest BCUT2D eigenvalue weighted by Gasteiger charge is 2.76. The van der Waals surface area contributed by atoms with Crippen molar-refractivity contribution in [2.75, 3.05) is 23.8 Å². The number of amides is 3. The van der Waals surface area contributed by atoms with Crippen LogP contribution in [0.15, 0.2) is 48.5 Å². The molecule has 3 N–H and O–H groups in total. The smallest absolute Gasteiger partial charge is 0.248 e. The van der Waals surface area contributed by atoms with Crippen molar-refractivity contribution >= 4 is 52.5 Å². The van der Waals surface area contributed by atoms with Crippen LogP contribution in [0.25, 0.3) is 0 Å². The number of para-hydroxylation sites is 1. The first-order valence-electron chi connectivity index (χ1n) is 13.8. The number of fused-ring (bicyclic) bond motifs is 1. The van der Waals surface area contributed by atoms with Crippen LogP contribution in [0.3, 0.4) is 0 Å². The van der Waals surface area contributed by atoms with Gasteiger partial charge in [-0.25, -0.2) is 0 Å². The zero-order valence-electron chi connectivity index (χ0n) is 23.1. The number of likely N-dealkylation sites (tertiary alicyclic amines) is 1. The van der Waals surface area contributed by atoms with E-state index in [0.29, 0.717) is 35.2 Å². The Morgan fingerprint density at radius 2 is 1.85 bits per heavy atom. The molecule has 214 valence electrons. The molecule has 2 aromatic carbocycles. The van der Waals surface area contributed by atoms with Crippen molar-refractivity contribution in [3.8, 4) is 5.75 Å². The number of nitrogens with zero attached hydrogens (tertiary/aromatic N) is 1. The van der Waals surface area contributed by atoms with Crippen LogP contribution in [-0.4, -0.2) is 63.0 Å². The van der Waals surface area contributed by atoms with Crippen molar-refractivity contribution < 1.29 is 24.2 Å². The molecule has 0 saturated carbocycles. The van der Waals surface area contributed by atoms with Crippen LogP contribution < -0.4 is 15.4 Å². The Balaban J connectivity index is 1.51. The maximum atomic E-state index is 14.3. The number of rotatable bonds is 9.